The Morgan fingerprint density at radius 2 is 2.50 bits per heavy atom. The molecule has 0 aliphatic heterocycles. The summed E-state index contributed by atoms with van der Waals surface area (Å²) in [4.78, 5) is 14.9. The van der Waals surface area contributed by atoms with E-state index in [0.717, 1.165) is 5.01 Å². The first-order valence-corrected chi connectivity index (χ1v) is 5.35. The summed E-state index contributed by atoms with van der Waals surface area (Å²) in [6, 6.07) is 0. The minimum atomic E-state index is -0.375. The van der Waals surface area contributed by atoms with Gasteiger partial charge in [0, 0.05) is 24.0 Å². The van der Waals surface area contributed by atoms with Crippen molar-refractivity contribution in [2.24, 2.45) is 0 Å². The van der Waals surface area contributed by atoms with E-state index in [0.29, 0.717) is 5.76 Å². The molecule has 0 aliphatic rings. The van der Waals surface area contributed by atoms with Crippen molar-refractivity contribution in [1.82, 2.24) is 4.98 Å². The van der Waals surface area contributed by atoms with Crippen molar-refractivity contribution < 1.29 is 9.53 Å². The highest BCUT2D eigenvalue weighted by Gasteiger charge is 2.16. The molecule has 0 N–H and O–H groups in total. The fourth-order valence-corrected chi connectivity index (χ4v) is 1.88. The van der Waals surface area contributed by atoms with E-state index >= 15 is 0 Å². The highest BCUT2D eigenvalue weighted by Crippen LogP contribution is 2.26. The molecule has 0 aliphatic carbocycles. The van der Waals surface area contributed by atoms with E-state index in [1.54, 1.807) is 6.20 Å². The molecule has 0 aromatic carbocycles. The standard InChI is InChI=1S/C9H10ClNO2S/c1-6(9-11-3-4-14-9)8(5-10)13-7(2)12/h3-6H,1-2H3/b8-5-. The SMILES string of the molecule is CC(=O)O/C(=C\Cl)C(C)c1nccs1. The summed E-state index contributed by atoms with van der Waals surface area (Å²) in [5.41, 5.74) is 1.27. The van der Waals surface area contributed by atoms with Crippen LogP contribution < -0.4 is 0 Å². The van der Waals surface area contributed by atoms with Gasteiger partial charge in [-0.25, -0.2) is 4.98 Å². The number of hydrogen-bond acceptors (Lipinski definition) is 4. The zero-order chi connectivity index (χ0) is 10.6. The van der Waals surface area contributed by atoms with Gasteiger partial charge >= 0.3 is 5.97 Å². The van der Waals surface area contributed by atoms with Gasteiger partial charge in [-0.05, 0) is 6.92 Å². The summed E-state index contributed by atoms with van der Waals surface area (Å²) in [6.45, 7) is 3.23. The van der Waals surface area contributed by atoms with E-state index in [4.69, 9.17) is 16.3 Å². The lowest BCUT2D eigenvalue weighted by Gasteiger charge is -2.11. The van der Waals surface area contributed by atoms with Gasteiger partial charge in [0.2, 0.25) is 0 Å². The van der Waals surface area contributed by atoms with E-state index in [2.05, 4.69) is 4.98 Å². The van der Waals surface area contributed by atoms with Crippen molar-refractivity contribution in [2.75, 3.05) is 0 Å². The maximum absolute atomic E-state index is 10.7. The van der Waals surface area contributed by atoms with Gasteiger partial charge in [-0.1, -0.05) is 11.6 Å². The van der Waals surface area contributed by atoms with Crippen LogP contribution in [0.4, 0.5) is 0 Å². The lowest BCUT2D eigenvalue weighted by atomic mass is 10.1. The van der Waals surface area contributed by atoms with Gasteiger partial charge in [-0.15, -0.1) is 11.3 Å². The van der Waals surface area contributed by atoms with Crippen LogP contribution in [-0.4, -0.2) is 11.0 Å². The van der Waals surface area contributed by atoms with Crippen molar-refractivity contribution in [3.63, 3.8) is 0 Å². The van der Waals surface area contributed by atoms with Gasteiger partial charge in [-0.3, -0.25) is 4.79 Å². The van der Waals surface area contributed by atoms with Gasteiger partial charge in [0.05, 0.1) is 5.92 Å². The molecule has 0 spiro atoms. The van der Waals surface area contributed by atoms with Crippen molar-refractivity contribution in [1.29, 1.82) is 0 Å². The molecule has 1 atom stereocenters. The van der Waals surface area contributed by atoms with E-state index < -0.39 is 0 Å². The van der Waals surface area contributed by atoms with Crippen LogP contribution in [0.5, 0.6) is 0 Å². The van der Waals surface area contributed by atoms with Crippen LogP contribution in [0, 0.1) is 0 Å². The highest BCUT2D eigenvalue weighted by molar-refractivity contribution is 7.09. The largest absolute Gasteiger partial charge is 0.430 e. The van der Waals surface area contributed by atoms with Crippen LogP contribution in [0.25, 0.3) is 0 Å². The number of nitrogens with zero attached hydrogens (tertiary/aromatic N) is 1. The maximum atomic E-state index is 10.7. The minimum absolute atomic E-state index is 0.0867. The number of allylic oxidation sites excluding steroid dienone is 1. The normalized spacial score (nSPS) is 13.8. The third kappa shape index (κ3) is 2.82. The molecule has 1 aromatic rings. The van der Waals surface area contributed by atoms with Crippen LogP contribution in [0.1, 0.15) is 24.8 Å². The summed E-state index contributed by atoms with van der Waals surface area (Å²) in [7, 11) is 0. The molecule has 0 saturated heterocycles. The predicted octanol–water partition coefficient (Wildman–Crippen LogP) is 2.89. The molecule has 0 bridgehead atoms. The Morgan fingerprint density at radius 1 is 1.79 bits per heavy atom. The Bertz CT molecular complexity index is 335. The Morgan fingerprint density at radius 3 is 2.93 bits per heavy atom. The number of carbonyl (C=O) groups excluding carboxylic acids is 1. The minimum Gasteiger partial charge on any atom is -0.430 e. The fraction of sp³-hybridized carbons (Fsp3) is 0.333. The van der Waals surface area contributed by atoms with Gasteiger partial charge < -0.3 is 4.74 Å². The molecule has 1 aromatic heterocycles. The molecule has 5 heteroatoms. The Hall–Kier alpha value is -0.870. The van der Waals surface area contributed by atoms with Crippen LogP contribution in [0.3, 0.4) is 0 Å². The Labute approximate surface area is 91.4 Å². The molecule has 1 heterocycles. The average Bonchev–Trinajstić information content (AvgIpc) is 2.65. The second-order valence-corrected chi connectivity index (χ2v) is 3.84. The average molecular weight is 232 g/mol. The first-order valence-electron chi connectivity index (χ1n) is 4.03. The zero-order valence-corrected chi connectivity index (χ0v) is 9.43. The Kier molecular flexibility index (Phi) is 4.10. The molecule has 0 amide bonds. The van der Waals surface area contributed by atoms with E-state index in [9.17, 15) is 4.79 Å². The lowest BCUT2D eigenvalue weighted by molar-refractivity contribution is -0.137. The van der Waals surface area contributed by atoms with Crippen molar-refractivity contribution in [3.05, 3.63) is 27.9 Å². The number of hydrogen-bond donors (Lipinski definition) is 0. The maximum Gasteiger partial charge on any atom is 0.307 e. The third-order valence-corrected chi connectivity index (χ3v) is 2.79. The Balaban J connectivity index is 2.76. The number of ether oxygens (including phenoxy) is 1. The number of thiazole rings is 1. The molecule has 0 fully saturated rings. The molecule has 1 rings (SSSR count). The number of halogens is 1. The number of esters is 1. The van der Waals surface area contributed by atoms with Crippen LogP contribution >= 0.6 is 22.9 Å². The zero-order valence-electron chi connectivity index (χ0n) is 7.86. The van der Waals surface area contributed by atoms with Crippen molar-refractivity contribution in [2.45, 2.75) is 19.8 Å². The molecule has 1 unspecified atom stereocenters. The third-order valence-electron chi connectivity index (χ3n) is 1.62. The van der Waals surface area contributed by atoms with Crippen molar-refractivity contribution >= 4 is 28.9 Å². The summed E-state index contributed by atoms with van der Waals surface area (Å²) in [5, 5.41) is 2.74. The molecular weight excluding hydrogens is 222 g/mol. The summed E-state index contributed by atoms with van der Waals surface area (Å²) in [6.07, 6.45) is 1.70. The van der Waals surface area contributed by atoms with E-state index in [1.807, 2.05) is 12.3 Å². The number of aromatic nitrogens is 1. The summed E-state index contributed by atoms with van der Waals surface area (Å²) in [5.74, 6) is -0.0363. The second kappa shape index (κ2) is 5.12. The molecule has 14 heavy (non-hydrogen) atoms. The molecule has 76 valence electrons. The van der Waals surface area contributed by atoms with Gasteiger partial charge in [-0.2, -0.15) is 0 Å². The summed E-state index contributed by atoms with van der Waals surface area (Å²) < 4.78 is 4.94. The fourth-order valence-electron chi connectivity index (χ4n) is 0.941. The second-order valence-electron chi connectivity index (χ2n) is 2.70. The van der Waals surface area contributed by atoms with Gasteiger partial charge in [0.15, 0.2) is 0 Å². The smallest absolute Gasteiger partial charge is 0.307 e. The number of carbonyl (C=O) groups is 1. The topological polar surface area (TPSA) is 39.2 Å². The van der Waals surface area contributed by atoms with E-state index in [1.165, 1.54) is 23.8 Å². The molecular formula is C9H10ClNO2S. The molecule has 3 nitrogen and oxygen atoms in total. The molecule has 0 saturated carbocycles. The monoisotopic (exact) mass is 231 g/mol. The molecule has 0 radical (unpaired) electrons. The predicted molar refractivity (Wildman–Crippen MR) is 56.2 cm³/mol. The van der Waals surface area contributed by atoms with Crippen molar-refractivity contribution in [3.8, 4) is 0 Å². The van der Waals surface area contributed by atoms with Crippen LogP contribution in [-0.2, 0) is 9.53 Å². The van der Waals surface area contributed by atoms with Gasteiger partial charge in [0.1, 0.15) is 10.8 Å². The van der Waals surface area contributed by atoms with E-state index in [-0.39, 0.29) is 11.9 Å². The number of rotatable bonds is 3. The van der Waals surface area contributed by atoms with Crippen LogP contribution in [0.15, 0.2) is 22.9 Å². The highest BCUT2D eigenvalue weighted by atomic mass is 35.5. The quantitative estimate of drug-likeness (QED) is 0.593. The van der Waals surface area contributed by atoms with Gasteiger partial charge in [0.25, 0.3) is 0 Å². The lowest BCUT2D eigenvalue weighted by Crippen LogP contribution is -2.05. The first-order chi connectivity index (χ1) is 6.65. The first kappa shape index (κ1) is 11.2. The summed E-state index contributed by atoms with van der Waals surface area (Å²) >= 11 is 7.06. The van der Waals surface area contributed by atoms with Crippen LogP contribution in [0.2, 0.25) is 0 Å².